The van der Waals surface area contributed by atoms with E-state index in [0.29, 0.717) is 97.1 Å². The molecule has 2 aromatic carbocycles. The number of nitriles is 1. The van der Waals surface area contributed by atoms with E-state index in [-0.39, 0.29) is 39.1 Å². The molecule has 0 bridgehead atoms. The first-order valence-corrected chi connectivity index (χ1v) is 43.2. The number of nitrogens with zero attached hydrogens (tertiary/aromatic N) is 20. The maximum Gasteiger partial charge on any atom is 0.258 e. The summed E-state index contributed by atoms with van der Waals surface area (Å²) in [6, 6.07) is 48.5. The SMILES string of the molecule is COc1ccc(-c2cc(=O)n3cc(N4CCC(CN(C)C)CC4)ccc3n2)cc1F.COc1cccc(-c2cc(=O)n3cc(N4CCNCC4)ccc3n2)n1.COc1cncc(-c2cc(=O)n3cc(N4CCNCC4)ccc3n2)c1.C[C@H]1CN(c2ccc3nc(-c4cc(F)cc(C#N)c4)cc(=O)n3c2)CCN1.O=c1cc(-c2cccnc2)nc2ccc(N3CCNCC3)cn12. The Balaban J connectivity index is 0.000000119. The molecule has 666 valence electrons. The predicted octanol–water partition coefficient (Wildman–Crippen LogP) is 8.97. The molecule has 0 spiro atoms. The number of halogens is 2. The van der Waals surface area contributed by atoms with E-state index in [9.17, 15) is 32.8 Å². The topological polar surface area (TPSA) is 330 Å². The Hall–Kier alpha value is -14.8. The molecular weight excluding hydrogens is 1660 g/mol. The van der Waals surface area contributed by atoms with Crippen molar-refractivity contribution in [3.63, 3.8) is 0 Å². The number of piperazine rings is 4. The van der Waals surface area contributed by atoms with E-state index in [4.69, 9.17) is 19.5 Å². The molecule has 130 heavy (non-hydrogen) atoms. The summed E-state index contributed by atoms with van der Waals surface area (Å²) in [7, 11) is 8.79. The van der Waals surface area contributed by atoms with Crippen molar-refractivity contribution in [2.45, 2.75) is 25.8 Å². The Morgan fingerprint density at radius 2 is 0.862 bits per heavy atom. The number of aromatic nitrogens is 13. The van der Waals surface area contributed by atoms with Crippen molar-refractivity contribution in [1.29, 1.82) is 5.26 Å². The fraction of sp³-hybridized carbons (Fsp3) is 0.292. The summed E-state index contributed by atoms with van der Waals surface area (Å²) in [5.74, 6) is 0.991. The van der Waals surface area contributed by atoms with E-state index in [1.807, 2.05) is 116 Å². The summed E-state index contributed by atoms with van der Waals surface area (Å²) in [6.07, 6.45) is 18.3. The van der Waals surface area contributed by atoms with E-state index in [0.717, 1.165) is 176 Å². The lowest BCUT2D eigenvalue weighted by atomic mass is 9.96. The van der Waals surface area contributed by atoms with Crippen molar-refractivity contribution < 1.29 is 23.0 Å². The highest BCUT2D eigenvalue weighted by atomic mass is 19.1. The number of rotatable bonds is 15. The van der Waals surface area contributed by atoms with Gasteiger partial charge in [0.15, 0.2) is 11.6 Å². The van der Waals surface area contributed by atoms with Crippen LogP contribution in [-0.2, 0) is 0 Å². The minimum atomic E-state index is -0.533. The minimum absolute atomic E-state index is 0.0779. The molecule has 5 saturated heterocycles. The van der Waals surface area contributed by atoms with Crippen LogP contribution in [0.5, 0.6) is 17.4 Å². The normalized spacial score (nSPS) is 15.4. The maximum atomic E-state index is 14.1. The third-order valence-corrected chi connectivity index (χ3v) is 23.2. The first kappa shape index (κ1) is 88.7. The smallest absolute Gasteiger partial charge is 0.258 e. The van der Waals surface area contributed by atoms with Crippen molar-refractivity contribution in [3.8, 4) is 79.9 Å². The number of piperidine rings is 1. The molecule has 0 radical (unpaired) electrons. The number of methoxy groups -OCH3 is 3. The van der Waals surface area contributed by atoms with Crippen molar-refractivity contribution in [2.24, 2.45) is 5.92 Å². The molecule has 32 nitrogen and oxygen atoms in total. The molecule has 13 aromatic heterocycles. The standard InChI is InChI=1S/C23H27FN4O2.C20H18FN5O.2C18H19N5O2.C17H17N5O/c1-26(2)14-16-8-10-27(11-9-16)18-5-7-22-25-20(13-23(29)28(22)15-18)17-4-6-21(30-3)19(24)12-17;1-13-11-25(5-4-23-13)17-2-3-19-24-18(9-20(27)26(19)12-17)15-6-14(10-22)7-16(21)8-15;1-25-15-8-13(10-20-11-15)16-9-18(24)23-12-14(2-3-17(23)21-16)22-6-4-19-5-7-22;1-25-17-4-2-3-14(21-17)15-11-18(24)23-12-13(5-6-16(23)20-15)22-9-7-19-8-10-22;23-17-10-15(13-2-1-5-19-11-13)20-16-4-3-14(12-22(16)17)21-8-6-18-7-9-21/h4-7,12-13,15-16H,8-11,14H2,1-3H3;2-3,6-9,12-13,23H,4-5,11H2,1H3;2-3,8-12,19H,4-7H2,1H3;2-6,11-12,19H,7-10H2,1H3;1-5,10-12,18H,6-9H2/t;13-;;;/m.0.../s1. The Morgan fingerprint density at radius 3 is 1.31 bits per heavy atom. The fourth-order valence-electron chi connectivity index (χ4n) is 16.4. The van der Waals surface area contributed by atoms with Crippen molar-refractivity contribution in [2.75, 3.05) is 178 Å². The van der Waals surface area contributed by atoms with Crippen molar-refractivity contribution in [3.05, 3.63) is 289 Å². The Bertz CT molecular complexity index is 6790. The molecule has 5 aliphatic rings. The quantitative estimate of drug-likeness (QED) is 0.0743. The molecule has 18 heterocycles. The second-order valence-electron chi connectivity index (χ2n) is 32.3. The van der Waals surface area contributed by atoms with Gasteiger partial charge in [-0.15, -0.1) is 0 Å². The molecule has 0 amide bonds. The number of ether oxygens (including phenoxy) is 3. The first-order chi connectivity index (χ1) is 63.3. The highest BCUT2D eigenvalue weighted by Crippen LogP contribution is 2.30. The lowest BCUT2D eigenvalue weighted by Crippen LogP contribution is -2.49. The summed E-state index contributed by atoms with van der Waals surface area (Å²) in [6.45, 7) is 19.2. The average Bonchev–Trinajstić information content (AvgIpc) is 0.799. The van der Waals surface area contributed by atoms with Crippen LogP contribution in [-0.4, -0.2) is 226 Å². The molecule has 4 N–H and O–H groups in total. The molecular formula is C96H100F2N24O8. The maximum absolute atomic E-state index is 14.1. The minimum Gasteiger partial charge on any atom is -0.495 e. The summed E-state index contributed by atoms with van der Waals surface area (Å²) < 4.78 is 50.9. The molecule has 0 saturated carbocycles. The van der Waals surface area contributed by atoms with Gasteiger partial charge in [-0.2, -0.15) is 5.26 Å². The monoisotopic (exact) mass is 1750 g/mol. The zero-order valence-corrected chi connectivity index (χ0v) is 73.0. The van der Waals surface area contributed by atoms with Gasteiger partial charge in [0, 0.05) is 232 Å². The molecule has 5 fully saturated rings. The average molecular weight is 1760 g/mol. The van der Waals surface area contributed by atoms with Gasteiger partial charge >= 0.3 is 0 Å². The van der Waals surface area contributed by atoms with Crippen LogP contribution in [0.2, 0.25) is 0 Å². The molecule has 0 aliphatic carbocycles. The number of anilines is 5. The third-order valence-electron chi connectivity index (χ3n) is 23.2. The zero-order valence-electron chi connectivity index (χ0n) is 73.0. The van der Waals surface area contributed by atoms with E-state index in [2.05, 4.69) is 112 Å². The van der Waals surface area contributed by atoms with E-state index in [1.54, 1.807) is 87.1 Å². The summed E-state index contributed by atoms with van der Waals surface area (Å²) in [4.78, 5) is 112. The van der Waals surface area contributed by atoms with Crippen molar-refractivity contribution in [1.82, 2.24) is 88.0 Å². The zero-order chi connectivity index (χ0) is 90.3. The molecule has 0 unspecified atom stereocenters. The summed E-state index contributed by atoms with van der Waals surface area (Å²) in [5.41, 5.74) is 13.2. The van der Waals surface area contributed by atoms with Crippen LogP contribution in [0.15, 0.2) is 244 Å². The van der Waals surface area contributed by atoms with E-state index >= 15 is 0 Å². The van der Waals surface area contributed by atoms with E-state index in [1.165, 1.54) is 60.0 Å². The van der Waals surface area contributed by atoms with Crippen LogP contribution >= 0.6 is 0 Å². The van der Waals surface area contributed by atoms with Gasteiger partial charge in [-0.1, -0.05) is 6.07 Å². The molecule has 5 aliphatic heterocycles. The highest BCUT2D eigenvalue weighted by Gasteiger charge is 2.24. The highest BCUT2D eigenvalue weighted by molar-refractivity contribution is 5.69. The van der Waals surface area contributed by atoms with E-state index < -0.39 is 11.6 Å². The summed E-state index contributed by atoms with van der Waals surface area (Å²) >= 11 is 0. The summed E-state index contributed by atoms with van der Waals surface area (Å²) in [5, 5.41) is 22.4. The second-order valence-corrected chi connectivity index (χ2v) is 32.3. The van der Waals surface area contributed by atoms with Crippen LogP contribution in [0, 0.1) is 28.9 Å². The van der Waals surface area contributed by atoms with Crippen molar-refractivity contribution >= 4 is 56.7 Å². The number of hydrogen-bond acceptors (Lipinski definition) is 27. The number of nitrogens with one attached hydrogen (secondary N) is 4. The Morgan fingerprint density at radius 1 is 0.415 bits per heavy atom. The largest absolute Gasteiger partial charge is 0.495 e. The number of pyridine rings is 8. The second kappa shape index (κ2) is 40.9. The molecule has 20 rings (SSSR count). The van der Waals surface area contributed by atoms with Gasteiger partial charge in [0.25, 0.3) is 27.8 Å². The van der Waals surface area contributed by atoms with Crippen LogP contribution < -0.4 is 87.8 Å². The molecule has 15 aromatic rings. The lowest BCUT2D eigenvalue weighted by Gasteiger charge is -2.34. The van der Waals surface area contributed by atoms with Gasteiger partial charge in [-0.25, -0.2) is 38.7 Å². The number of hydrogen-bond donors (Lipinski definition) is 4. The Labute approximate surface area is 747 Å². The predicted molar refractivity (Wildman–Crippen MR) is 501 cm³/mol. The third kappa shape index (κ3) is 21.2. The van der Waals surface area contributed by atoms with Gasteiger partial charge < -0.3 is 64.9 Å². The van der Waals surface area contributed by atoms with Crippen LogP contribution in [0.4, 0.5) is 37.2 Å². The fourth-order valence-corrected chi connectivity index (χ4v) is 16.4. The number of fused-ring (bicyclic) bond motifs is 5. The van der Waals surface area contributed by atoms with Crippen LogP contribution in [0.1, 0.15) is 25.3 Å². The van der Waals surface area contributed by atoms with Crippen LogP contribution in [0.25, 0.3) is 84.7 Å². The van der Waals surface area contributed by atoms with Gasteiger partial charge in [0.1, 0.15) is 39.8 Å². The van der Waals surface area contributed by atoms with Gasteiger partial charge in [0.2, 0.25) is 5.88 Å². The van der Waals surface area contributed by atoms with Gasteiger partial charge in [-0.3, -0.25) is 55.9 Å². The van der Waals surface area contributed by atoms with Crippen LogP contribution in [0.3, 0.4) is 0 Å². The Kier molecular flexibility index (Phi) is 27.9. The molecule has 34 heteroatoms. The first-order valence-electron chi connectivity index (χ1n) is 43.2. The number of benzene rings is 2. The van der Waals surface area contributed by atoms with Gasteiger partial charge in [0.05, 0.1) is 102 Å². The molecule has 1 atom stereocenters. The lowest BCUT2D eigenvalue weighted by molar-refractivity contribution is 0.285. The van der Waals surface area contributed by atoms with Gasteiger partial charge in [-0.05, 0) is 161 Å².